The number of carbonyl (C=O) groups is 1. The van der Waals surface area contributed by atoms with Gasteiger partial charge in [-0.05, 0) is 41.0 Å². The summed E-state index contributed by atoms with van der Waals surface area (Å²) >= 11 is 0. The zero-order valence-corrected chi connectivity index (χ0v) is 16.2. The SMILES string of the molecule is [2H]C1([2H])C(=C2C([2H])([2H])N(S(=O)(=O)c3ccc(C#N)cc3)C2([2H])[2H])C([2H])([2H])N1C(=O)[C@H](CO)c1ccccc1. The third-order valence-electron chi connectivity index (χ3n) is 4.55. The monoisotopic (exact) mass is 431 g/mol. The highest BCUT2D eigenvalue weighted by Crippen LogP contribution is 2.31. The third-order valence-corrected chi connectivity index (χ3v) is 6.08. The molecule has 1 amide bonds. The molecule has 1 atom stereocenters. The number of aliphatic hydroxyl groups excluding tert-OH is 1. The van der Waals surface area contributed by atoms with E-state index in [0.717, 1.165) is 24.3 Å². The van der Waals surface area contributed by atoms with E-state index in [1.807, 2.05) is 0 Å². The van der Waals surface area contributed by atoms with Crippen molar-refractivity contribution in [3.8, 4) is 6.07 Å². The standard InChI is InChI=1S/C22H21N3O4S/c23-10-16-6-8-20(9-7-16)30(28,29)25-13-19(14-25)18-11-24(12-18)22(27)21(15-26)17-4-2-1-3-5-17/h1-9,21,26H,11-15H2/t21-/m1/s1/i11D2,12D2,13D2,14D2. The lowest BCUT2D eigenvalue weighted by atomic mass is 9.92. The summed E-state index contributed by atoms with van der Waals surface area (Å²) in [6, 6.07) is 13.8. The van der Waals surface area contributed by atoms with Gasteiger partial charge in [0.1, 0.15) is 0 Å². The molecule has 2 aromatic rings. The molecule has 2 heterocycles. The van der Waals surface area contributed by atoms with E-state index >= 15 is 0 Å². The van der Waals surface area contributed by atoms with E-state index < -0.39 is 70.5 Å². The molecule has 0 unspecified atom stereocenters. The second-order valence-electron chi connectivity index (χ2n) is 6.42. The van der Waals surface area contributed by atoms with Gasteiger partial charge in [0.15, 0.2) is 0 Å². The molecule has 2 aromatic carbocycles. The van der Waals surface area contributed by atoms with Gasteiger partial charge in [0.05, 0.1) is 34.5 Å². The van der Waals surface area contributed by atoms with Gasteiger partial charge >= 0.3 is 0 Å². The number of nitrogens with zero attached hydrogens (tertiary/aromatic N) is 3. The van der Waals surface area contributed by atoms with Crippen molar-refractivity contribution in [3.63, 3.8) is 0 Å². The Morgan fingerprint density at radius 2 is 1.67 bits per heavy atom. The van der Waals surface area contributed by atoms with Gasteiger partial charge in [-0.3, -0.25) is 4.79 Å². The number of hydrogen-bond donors (Lipinski definition) is 1. The molecule has 2 aliphatic heterocycles. The highest BCUT2D eigenvalue weighted by atomic mass is 32.2. The van der Waals surface area contributed by atoms with Crippen molar-refractivity contribution in [1.29, 1.82) is 5.26 Å². The van der Waals surface area contributed by atoms with Crippen LogP contribution in [0, 0.1) is 11.3 Å². The highest BCUT2D eigenvalue weighted by molar-refractivity contribution is 7.89. The molecular formula is C22H21N3O4S. The fourth-order valence-corrected chi connectivity index (χ4v) is 3.97. The summed E-state index contributed by atoms with van der Waals surface area (Å²) in [6.45, 7) is -13.3. The first-order valence-corrected chi connectivity index (χ1v) is 10.2. The largest absolute Gasteiger partial charge is 0.395 e. The number of amides is 1. The maximum atomic E-state index is 13.2. The Balaban J connectivity index is 1.77. The van der Waals surface area contributed by atoms with Crippen LogP contribution in [0.15, 0.2) is 70.6 Å². The second kappa shape index (κ2) is 8.03. The van der Waals surface area contributed by atoms with Crippen LogP contribution in [0.2, 0.25) is 0 Å². The van der Waals surface area contributed by atoms with Crippen molar-refractivity contribution in [2.24, 2.45) is 0 Å². The van der Waals surface area contributed by atoms with Crippen molar-refractivity contribution in [3.05, 3.63) is 76.9 Å². The number of benzene rings is 2. The lowest BCUT2D eigenvalue weighted by Gasteiger charge is -2.42. The summed E-state index contributed by atoms with van der Waals surface area (Å²) in [7, 11) is -4.87. The Morgan fingerprint density at radius 1 is 1.07 bits per heavy atom. The average Bonchev–Trinajstić information content (AvgIpc) is 2.82. The van der Waals surface area contributed by atoms with Crippen LogP contribution < -0.4 is 0 Å². The number of aliphatic hydroxyl groups is 1. The Morgan fingerprint density at radius 3 is 2.23 bits per heavy atom. The van der Waals surface area contributed by atoms with E-state index in [4.69, 9.17) is 16.2 Å². The number of sulfonamides is 1. The molecule has 0 bridgehead atoms. The molecule has 2 saturated heterocycles. The average molecular weight is 432 g/mol. The predicted molar refractivity (Wildman–Crippen MR) is 110 cm³/mol. The maximum Gasteiger partial charge on any atom is 0.243 e. The van der Waals surface area contributed by atoms with E-state index in [2.05, 4.69) is 0 Å². The molecule has 2 aliphatic rings. The molecule has 8 heteroatoms. The fourth-order valence-electron chi connectivity index (χ4n) is 2.85. The first-order valence-electron chi connectivity index (χ1n) is 12.8. The number of likely N-dealkylation sites (tertiary alicyclic amines) is 1. The van der Waals surface area contributed by atoms with Gasteiger partial charge in [0.2, 0.25) is 15.9 Å². The normalized spacial score (nSPS) is 28.3. The molecule has 0 saturated carbocycles. The van der Waals surface area contributed by atoms with Crippen LogP contribution >= 0.6 is 0 Å². The van der Waals surface area contributed by atoms with Crippen molar-refractivity contribution >= 4 is 15.9 Å². The molecule has 30 heavy (non-hydrogen) atoms. The van der Waals surface area contributed by atoms with Crippen LogP contribution in [0.3, 0.4) is 0 Å². The van der Waals surface area contributed by atoms with E-state index in [9.17, 15) is 18.3 Å². The summed E-state index contributed by atoms with van der Waals surface area (Å²) in [6.07, 6.45) is 0. The summed E-state index contributed by atoms with van der Waals surface area (Å²) in [5, 5.41) is 18.7. The first-order chi connectivity index (χ1) is 17.5. The molecule has 0 spiro atoms. The first kappa shape index (κ1) is 12.6. The third kappa shape index (κ3) is 3.63. The predicted octanol–water partition coefficient (Wildman–Crippen LogP) is 1.48. The Hall–Kier alpha value is -2.99. The minimum atomic E-state index is -4.87. The van der Waals surface area contributed by atoms with E-state index in [1.54, 1.807) is 24.3 Å². The molecule has 2 fully saturated rings. The van der Waals surface area contributed by atoms with Crippen molar-refractivity contribution in [2.75, 3.05) is 32.6 Å². The fraction of sp³-hybridized carbons (Fsp3) is 0.273. The molecular weight excluding hydrogens is 402 g/mol. The van der Waals surface area contributed by atoms with Gasteiger partial charge < -0.3 is 10.0 Å². The van der Waals surface area contributed by atoms with Gasteiger partial charge in [-0.25, -0.2) is 8.42 Å². The van der Waals surface area contributed by atoms with Crippen molar-refractivity contribution < 1.29 is 29.3 Å². The molecule has 0 radical (unpaired) electrons. The smallest absolute Gasteiger partial charge is 0.243 e. The zero-order chi connectivity index (χ0) is 28.5. The lowest BCUT2D eigenvalue weighted by molar-refractivity contribution is -0.135. The van der Waals surface area contributed by atoms with Crippen LogP contribution in [0.4, 0.5) is 0 Å². The summed E-state index contributed by atoms with van der Waals surface area (Å²) in [4.78, 5) is 12.8. The topological polar surface area (TPSA) is 102 Å². The summed E-state index contributed by atoms with van der Waals surface area (Å²) < 4.78 is 93.3. The van der Waals surface area contributed by atoms with Crippen molar-refractivity contribution in [2.45, 2.75) is 10.8 Å². The molecule has 4 rings (SSSR count). The van der Waals surface area contributed by atoms with Crippen LogP contribution in [-0.2, 0) is 14.8 Å². The van der Waals surface area contributed by atoms with Gasteiger partial charge in [-0.15, -0.1) is 0 Å². The lowest BCUT2D eigenvalue weighted by Crippen LogP contribution is -2.52. The Kier molecular flexibility index (Phi) is 3.39. The molecule has 0 aliphatic carbocycles. The minimum absolute atomic E-state index is 0.110. The number of hydrogen-bond acceptors (Lipinski definition) is 5. The summed E-state index contributed by atoms with van der Waals surface area (Å²) in [5.41, 5.74) is -1.76. The minimum Gasteiger partial charge on any atom is -0.395 e. The quantitative estimate of drug-likeness (QED) is 0.723. The highest BCUT2D eigenvalue weighted by Gasteiger charge is 2.39. The number of nitriles is 1. The molecule has 7 nitrogen and oxygen atoms in total. The van der Waals surface area contributed by atoms with Crippen LogP contribution in [0.5, 0.6) is 0 Å². The van der Waals surface area contributed by atoms with E-state index in [1.165, 1.54) is 12.1 Å². The van der Waals surface area contributed by atoms with Crippen molar-refractivity contribution in [1.82, 2.24) is 9.21 Å². The molecule has 154 valence electrons. The van der Waals surface area contributed by atoms with E-state index in [0.29, 0.717) is 0 Å². The zero-order valence-electron chi connectivity index (χ0n) is 23.4. The van der Waals surface area contributed by atoms with Crippen LogP contribution in [0.1, 0.15) is 28.0 Å². The molecule has 1 N–H and O–H groups in total. The molecule has 0 aromatic heterocycles. The van der Waals surface area contributed by atoms with Crippen LogP contribution in [-0.4, -0.2) is 61.2 Å². The van der Waals surface area contributed by atoms with Gasteiger partial charge in [-0.1, -0.05) is 30.3 Å². The van der Waals surface area contributed by atoms with Crippen LogP contribution in [0.25, 0.3) is 0 Å². The van der Waals surface area contributed by atoms with Gasteiger partial charge in [-0.2, -0.15) is 9.57 Å². The number of rotatable bonds is 5. The van der Waals surface area contributed by atoms with E-state index in [-0.39, 0.29) is 20.3 Å². The maximum absolute atomic E-state index is 13.2. The summed E-state index contributed by atoms with van der Waals surface area (Å²) in [5.74, 6) is -2.50. The second-order valence-corrected chi connectivity index (χ2v) is 8.21. The Labute approximate surface area is 186 Å². The van der Waals surface area contributed by atoms with Gasteiger partial charge in [0, 0.05) is 31.5 Å². The Bertz CT molecular complexity index is 1440. The van der Waals surface area contributed by atoms with Gasteiger partial charge in [0.25, 0.3) is 0 Å². The number of carbonyl (C=O) groups excluding carboxylic acids is 1.